The molecule has 0 aliphatic carbocycles. The lowest BCUT2D eigenvalue weighted by atomic mass is 9.95. The summed E-state index contributed by atoms with van der Waals surface area (Å²) in [6, 6.07) is 5.69. The van der Waals surface area contributed by atoms with Gasteiger partial charge in [-0.1, -0.05) is 45.9 Å². The van der Waals surface area contributed by atoms with Crippen molar-refractivity contribution >= 4 is 11.7 Å². The molecule has 0 aliphatic rings. The summed E-state index contributed by atoms with van der Waals surface area (Å²) < 4.78 is 72.2. The van der Waals surface area contributed by atoms with Crippen molar-refractivity contribution in [2.24, 2.45) is 16.8 Å². The minimum Gasteiger partial charge on any atom is -0.478 e. The third kappa shape index (κ3) is 9.15. The van der Waals surface area contributed by atoms with Gasteiger partial charge in [-0.25, -0.2) is 9.79 Å². The van der Waals surface area contributed by atoms with Crippen LogP contribution in [0.4, 0.5) is 26.3 Å². The van der Waals surface area contributed by atoms with Crippen molar-refractivity contribution < 1.29 is 36.2 Å². The summed E-state index contributed by atoms with van der Waals surface area (Å²) in [6.07, 6.45) is -6.98. The van der Waals surface area contributed by atoms with E-state index in [2.05, 4.69) is 4.99 Å². The Balaban J connectivity index is 0.000000956. The van der Waals surface area contributed by atoms with E-state index in [-0.39, 0.29) is 11.5 Å². The first-order valence-corrected chi connectivity index (χ1v) is 8.87. The van der Waals surface area contributed by atoms with Crippen molar-refractivity contribution in [3.8, 4) is 0 Å². The molecule has 1 unspecified atom stereocenters. The Morgan fingerprint density at radius 1 is 1.03 bits per heavy atom. The number of carbonyl (C=O) groups is 1. The Kier molecular flexibility index (Phi) is 10.1. The monoisotopic (exact) mass is 425 g/mol. The molecular weight excluding hydrogens is 400 g/mol. The standard InChI is InChI=1S/C16H18F3NO2.C4H7F3/c1-4-10(3)14(20-13(5-2)16(17,18)19)11-6-8-12(9-7-11)15(21)22;1-3(2)4(5,6)7/h5-10H,4H2,1-3H3,(H,21,22);3H,1-2H3/b13-5-,20-14?;. The van der Waals surface area contributed by atoms with Crippen molar-refractivity contribution in [1.29, 1.82) is 0 Å². The molecule has 164 valence electrons. The summed E-state index contributed by atoms with van der Waals surface area (Å²) >= 11 is 0. The van der Waals surface area contributed by atoms with E-state index in [1.54, 1.807) is 6.92 Å². The summed E-state index contributed by atoms with van der Waals surface area (Å²) in [6.45, 7) is 7.18. The molecule has 1 aromatic rings. The van der Waals surface area contributed by atoms with Crippen molar-refractivity contribution in [3.05, 3.63) is 47.2 Å². The van der Waals surface area contributed by atoms with Crippen molar-refractivity contribution in [2.45, 2.75) is 53.4 Å². The molecule has 0 aromatic heterocycles. The van der Waals surface area contributed by atoms with Gasteiger partial charge in [0.15, 0.2) is 0 Å². The highest BCUT2D eigenvalue weighted by atomic mass is 19.4. The second-order valence-corrected chi connectivity index (χ2v) is 6.56. The number of alkyl halides is 6. The molecule has 0 radical (unpaired) electrons. The number of hydrogen-bond acceptors (Lipinski definition) is 2. The van der Waals surface area contributed by atoms with E-state index >= 15 is 0 Å². The fraction of sp³-hybridized carbons (Fsp3) is 0.500. The summed E-state index contributed by atoms with van der Waals surface area (Å²) in [5, 5.41) is 8.87. The van der Waals surface area contributed by atoms with Gasteiger partial charge in [0.2, 0.25) is 0 Å². The van der Waals surface area contributed by atoms with Gasteiger partial charge in [-0.05, 0) is 37.0 Å². The molecule has 1 rings (SSSR count). The van der Waals surface area contributed by atoms with Crippen LogP contribution in [0.5, 0.6) is 0 Å². The number of carboxylic acids is 1. The van der Waals surface area contributed by atoms with E-state index in [1.807, 2.05) is 6.92 Å². The third-order valence-corrected chi connectivity index (χ3v) is 3.97. The molecule has 0 spiro atoms. The van der Waals surface area contributed by atoms with E-state index in [0.717, 1.165) is 19.9 Å². The van der Waals surface area contributed by atoms with E-state index in [1.165, 1.54) is 31.2 Å². The zero-order valence-electron chi connectivity index (χ0n) is 16.8. The Bertz CT molecular complexity index is 716. The van der Waals surface area contributed by atoms with Crippen LogP contribution in [0.3, 0.4) is 0 Å². The van der Waals surface area contributed by atoms with E-state index < -0.39 is 29.9 Å². The van der Waals surface area contributed by atoms with Crippen LogP contribution in [0.15, 0.2) is 41.0 Å². The molecule has 3 nitrogen and oxygen atoms in total. The Labute approximate surface area is 166 Å². The van der Waals surface area contributed by atoms with Gasteiger partial charge in [-0.3, -0.25) is 0 Å². The summed E-state index contributed by atoms with van der Waals surface area (Å²) in [4.78, 5) is 14.6. The SMILES string of the molecule is C/C=C(\N=C(c1ccc(C(=O)O)cc1)C(C)CC)C(F)(F)F.CC(C)C(F)(F)F. The number of rotatable bonds is 5. The van der Waals surface area contributed by atoms with Crippen molar-refractivity contribution in [2.75, 3.05) is 0 Å². The number of aromatic carboxylic acids is 1. The molecule has 0 bridgehead atoms. The number of carboxylic acid groups (broad SMARTS) is 1. The largest absolute Gasteiger partial charge is 0.478 e. The normalized spacial score (nSPS) is 14.3. The van der Waals surface area contributed by atoms with Gasteiger partial charge in [0.1, 0.15) is 5.70 Å². The Morgan fingerprint density at radius 2 is 1.45 bits per heavy atom. The highest BCUT2D eigenvalue weighted by Gasteiger charge is 2.34. The van der Waals surface area contributed by atoms with Gasteiger partial charge >= 0.3 is 18.3 Å². The molecule has 0 aliphatic heterocycles. The molecule has 0 heterocycles. The average Bonchev–Trinajstić information content (AvgIpc) is 2.60. The summed E-state index contributed by atoms with van der Waals surface area (Å²) in [5.74, 6) is -2.47. The molecule has 0 saturated carbocycles. The smallest absolute Gasteiger partial charge is 0.433 e. The van der Waals surface area contributed by atoms with Gasteiger partial charge in [0.05, 0.1) is 11.3 Å². The number of benzene rings is 1. The van der Waals surface area contributed by atoms with Gasteiger partial charge in [0.25, 0.3) is 0 Å². The molecule has 1 N–H and O–H groups in total. The quantitative estimate of drug-likeness (QED) is 0.412. The Morgan fingerprint density at radius 3 is 1.72 bits per heavy atom. The van der Waals surface area contributed by atoms with Gasteiger partial charge in [0, 0.05) is 5.92 Å². The molecular formula is C20H25F6NO2. The minimum atomic E-state index is -4.52. The van der Waals surface area contributed by atoms with Crippen molar-refractivity contribution in [1.82, 2.24) is 0 Å². The first-order chi connectivity index (χ1) is 13.1. The molecule has 29 heavy (non-hydrogen) atoms. The zero-order valence-corrected chi connectivity index (χ0v) is 16.8. The van der Waals surface area contributed by atoms with Crippen molar-refractivity contribution in [3.63, 3.8) is 0 Å². The first-order valence-electron chi connectivity index (χ1n) is 8.87. The summed E-state index contributed by atoms with van der Waals surface area (Å²) in [5.41, 5.74) is -0.0905. The van der Waals surface area contributed by atoms with Crippen LogP contribution in [0, 0.1) is 11.8 Å². The molecule has 0 saturated heterocycles. The number of aliphatic imine (C=N–C) groups is 1. The number of nitrogens with zero attached hydrogens (tertiary/aromatic N) is 1. The fourth-order valence-corrected chi connectivity index (χ4v) is 1.86. The maximum Gasteiger partial charge on any atom is 0.433 e. The van der Waals surface area contributed by atoms with E-state index in [4.69, 9.17) is 5.11 Å². The maximum absolute atomic E-state index is 12.9. The van der Waals surface area contributed by atoms with Crippen LogP contribution in [0.25, 0.3) is 0 Å². The van der Waals surface area contributed by atoms with Gasteiger partial charge in [-0.2, -0.15) is 26.3 Å². The molecule has 1 atom stereocenters. The van der Waals surface area contributed by atoms with Crippen LogP contribution >= 0.6 is 0 Å². The predicted molar refractivity (Wildman–Crippen MR) is 100 cm³/mol. The lowest BCUT2D eigenvalue weighted by molar-refractivity contribution is -0.164. The van der Waals surface area contributed by atoms with Crippen LogP contribution in [-0.4, -0.2) is 29.1 Å². The van der Waals surface area contributed by atoms with E-state index in [0.29, 0.717) is 17.7 Å². The zero-order chi connectivity index (χ0) is 23.0. The van der Waals surface area contributed by atoms with E-state index in [9.17, 15) is 31.1 Å². The van der Waals surface area contributed by atoms with Crippen LogP contribution < -0.4 is 0 Å². The lowest BCUT2D eigenvalue weighted by Crippen LogP contribution is -2.17. The number of halogens is 6. The molecule has 0 amide bonds. The molecule has 1 aromatic carbocycles. The van der Waals surface area contributed by atoms with Crippen LogP contribution in [0.1, 0.15) is 57.0 Å². The summed E-state index contributed by atoms with van der Waals surface area (Å²) in [7, 11) is 0. The van der Waals surface area contributed by atoms with Gasteiger partial charge < -0.3 is 5.11 Å². The second-order valence-electron chi connectivity index (χ2n) is 6.56. The number of hydrogen-bond donors (Lipinski definition) is 1. The number of allylic oxidation sites excluding steroid dienone is 2. The first kappa shape index (κ1) is 26.7. The predicted octanol–water partition coefficient (Wildman–Crippen LogP) is 6.89. The van der Waals surface area contributed by atoms with Gasteiger partial charge in [-0.15, -0.1) is 0 Å². The highest BCUT2D eigenvalue weighted by Crippen LogP contribution is 2.28. The molecule has 0 fully saturated rings. The average molecular weight is 425 g/mol. The Hall–Kier alpha value is -2.32. The fourth-order valence-electron chi connectivity index (χ4n) is 1.86. The maximum atomic E-state index is 12.9. The lowest BCUT2D eigenvalue weighted by Gasteiger charge is -2.16. The van der Waals surface area contributed by atoms with Crippen LogP contribution in [-0.2, 0) is 0 Å². The third-order valence-electron chi connectivity index (χ3n) is 3.97. The van der Waals surface area contributed by atoms with Crippen LogP contribution in [0.2, 0.25) is 0 Å². The highest BCUT2D eigenvalue weighted by molar-refractivity contribution is 6.03. The second kappa shape index (κ2) is 11.0. The minimum absolute atomic E-state index is 0.0781. The topological polar surface area (TPSA) is 49.7 Å². The molecule has 9 heteroatoms.